The number of hydrogen-bond donors (Lipinski definition) is 2. The summed E-state index contributed by atoms with van der Waals surface area (Å²) in [6.07, 6.45) is 0. The fraction of sp³-hybridized carbons (Fsp3) is 0.176. The Hall–Kier alpha value is -2.82. The van der Waals surface area contributed by atoms with Gasteiger partial charge in [0.15, 0.2) is 0 Å². The van der Waals surface area contributed by atoms with Crippen LogP contribution in [0.15, 0.2) is 42.5 Å². The van der Waals surface area contributed by atoms with E-state index in [-0.39, 0.29) is 0 Å². The third kappa shape index (κ3) is 3.44. The quantitative estimate of drug-likeness (QED) is 0.848. The van der Waals surface area contributed by atoms with Crippen LogP contribution in [-0.2, 0) is 4.74 Å². The van der Waals surface area contributed by atoms with Crippen LogP contribution in [0.1, 0.15) is 21.5 Å². The monoisotopic (exact) mass is 298 g/mol. The number of carbonyl (C=O) groups is 2. The number of urea groups is 1. The lowest BCUT2D eigenvalue weighted by Crippen LogP contribution is -2.22. The van der Waals surface area contributed by atoms with Crippen molar-refractivity contribution in [2.24, 2.45) is 0 Å². The lowest BCUT2D eigenvalue weighted by molar-refractivity contribution is 0.0602. The molecular formula is C17H18N2O3. The summed E-state index contributed by atoms with van der Waals surface area (Å²) in [4.78, 5) is 23.9. The average molecular weight is 298 g/mol. The summed E-state index contributed by atoms with van der Waals surface area (Å²) in [7, 11) is 1.30. The topological polar surface area (TPSA) is 67.4 Å². The number of hydrogen-bond acceptors (Lipinski definition) is 3. The molecule has 0 atom stereocenters. The van der Waals surface area contributed by atoms with Gasteiger partial charge in [0.2, 0.25) is 0 Å². The molecule has 0 saturated carbocycles. The van der Waals surface area contributed by atoms with Gasteiger partial charge < -0.3 is 15.4 Å². The molecule has 0 aromatic heterocycles. The van der Waals surface area contributed by atoms with Gasteiger partial charge >= 0.3 is 12.0 Å². The number of esters is 1. The molecule has 0 unspecified atom stereocenters. The first kappa shape index (κ1) is 15.6. The highest BCUT2D eigenvalue weighted by Gasteiger charge is 2.14. The van der Waals surface area contributed by atoms with Crippen molar-refractivity contribution < 1.29 is 14.3 Å². The van der Waals surface area contributed by atoms with Crippen LogP contribution < -0.4 is 10.6 Å². The second-order valence-electron chi connectivity index (χ2n) is 4.88. The standard InChI is InChI=1S/C17H18N2O3/c1-11-7-6-8-12(2)15(11)19-17(21)18-14-10-5-4-9-13(14)16(20)22-3/h4-10H,1-3H3,(H2,18,19,21). The molecule has 0 aliphatic rings. The summed E-state index contributed by atoms with van der Waals surface area (Å²) < 4.78 is 4.70. The third-order valence-corrected chi connectivity index (χ3v) is 3.30. The van der Waals surface area contributed by atoms with E-state index in [0.29, 0.717) is 11.3 Å². The number of rotatable bonds is 3. The summed E-state index contributed by atoms with van der Waals surface area (Å²) in [5.74, 6) is -0.497. The molecule has 0 saturated heterocycles. The molecule has 2 N–H and O–H groups in total. The minimum absolute atomic E-state index is 0.307. The Morgan fingerprint density at radius 3 is 2.18 bits per heavy atom. The van der Waals surface area contributed by atoms with E-state index in [1.807, 2.05) is 32.0 Å². The van der Waals surface area contributed by atoms with Crippen molar-refractivity contribution in [2.45, 2.75) is 13.8 Å². The van der Waals surface area contributed by atoms with Crippen molar-refractivity contribution in [3.05, 3.63) is 59.2 Å². The molecule has 0 heterocycles. The first-order valence-corrected chi connectivity index (χ1v) is 6.84. The smallest absolute Gasteiger partial charge is 0.339 e. The zero-order valence-electron chi connectivity index (χ0n) is 12.8. The first-order valence-electron chi connectivity index (χ1n) is 6.84. The molecular weight excluding hydrogens is 280 g/mol. The molecule has 0 aliphatic carbocycles. The van der Waals surface area contributed by atoms with Gasteiger partial charge in [0.25, 0.3) is 0 Å². The second kappa shape index (κ2) is 6.76. The third-order valence-electron chi connectivity index (χ3n) is 3.30. The molecule has 5 nitrogen and oxygen atoms in total. The number of aryl methyl sites for hydroxylation is 2. The van der Waals surface area contributed by atoms with Crippen LogP contribution in [0.5, 0.6) is 0 Å². The van der Waals surface area contributed by atoms with E-state index in [9.17, 15) is 9.59 Å². The Morgan fingerprint density at radius 1 is 0.909 bits per heavy atom. The zero-order chi connectivity index (χ0) is 16.1. The Bertz CT molecular complexity index is 691. The van der Waals surface area contributed by atoms with Crippen molar-refractivity contribution in [1.29, 1.82) is 0 Å². The fourth-order valence-electron chi connectivity index (χ4n) is 2.16. The SMILES string of the molecule is COC(=O)c1ccccc1NC(=O)Nc1c(C)cccc1C. The van der Waals surface area contributed by atoms with E-state index in [0.717, 1.165) is 16.8 Å². The molecule has 0 fully saturated rings. The molecule has 2 aromatic rings. The highest BCUT2D eigenvalue weighted by atomic mass is 16.5. The van der Waals surface area contributed by atoms with Crippen LogP contribution in [-0.4, -0.2) is 19.1 Å². The lowest BCUT2D eigenvalue weighted by Gasteiger charge is -2.13. The van der Waals surface area contributed by atoms with Crippen molar-refractivity contribution in [1.82, 2.24) is 0 Å². The first-order chi connectivity index (χ1) is 10.5. The van der Waals surface area contributed by atoms with Crippen molar-refractivity contribution in [3.63, 3.8) is 0 Å². The summed E-state index contributed by atoms with van der Waals surface area (Å²) in [5, 5.41) is 5.49. The highest BCUT2D eigenvalue weighted by molar-refractivity contribution is 6.05. The number of anilines is 2. The van der Waals surface area contributed by atoms with E-state index in [4.69, 9.17) is 4.74 Å². The van der Waals surface area contributed by atoms with Crippen LogP contribution in [0, 0.1) is 13.8 Å². The minimum Gasteiger partial charge on any atom is -0.465 e. The van der Waals surface area contributed by atoms with Crippen LogP contribution in [0.4, 0.5) is 16.2 Å². The maximum Gasteiger partial charge on any atom is 0.339 e. The molecule has 0 spiro atoms. The lowest BCUT2D eigenvalue weighted by atomic mass is 10.1. The molecule has 114 valence electrons. The average Bonchev–Trinajstić information content (AvgIpc) is 2.51. The fourth-order valence-corrected chi connectivity index (χ4v) is 2.16. The Labute approximate surface area is 129 Å². The second-order valence-corrected chi connectivity index (χ2v) is 4.88. The number of para-hydroxylation sites is 2. The predicted molar refractivity (Wildman–Crippen MR) is 86.3 cm³/mol. The zero-order valence-corrected chi connectivity index (χ0v) is 12.8. The van der Waals surface area contributed by atoms with Gasteiger partial charge in [-0.15, -0.1) is 0 Å². The van der Waals surface area contributed by atoms with Gasteiger partial charge in [-0.2, -0.15) is 0 Å². The number of amides is 2. The number of methoxy groups -OCH3 is 1. The molecule has 5 heteroatoms. The predicted octanol–water partition coefficient (Wildman–Crippen LogP) is 3.73. The summed E-state index contributed by atoms with van der Waals surface area (Å²) in [6, 6.07) is 12.1. The molecule has 0 bridgehead atoms. The number of ether oxygens (including phenoxy) is 1. The highest BCUT2D eigenvalue weighted by Crippen LogP contribution is 2.21. The summed E-state index contributed by atoms with van der Waals surface area (Å²) in [6.45, 7) is 3.84. The van der Waals surface area contributed by atoms with Gasteiger partial charge in [0.05, 0.1) is 18.4 Å². The minimum atomic E-state index is -0.497. The van der Waals surface area contributed by atoms with Crippen molar-refractivity contribution >= 4 is 23.4 Å². The largest absolute Gasteiger partial charge is 0.465 e. The summed E-state index contributed by atoms with van der Waals surface area (Å²) in [5.41, 5.74) is 3.41. The molecule has 2 amide bonds. The van der Waals surface area contributed by atoms with Gasteiger partial charge in [0.1, 0.15) is 0 Å². The van der Waals surface area contributed by atoms with Gasteiger partial charge in [-0.1, -0.05) is 30.3 Å². The maximum atomic E-state index is 12.2. The van der Waals surface area contributed by atoms with E-state index in [2.05, 4.69) is 10.6 Å². The molecule has 22 heavy (non-hydrogen) atoms. The van der Waals surface area contributed by atoms with E-state index >= 15 is 0 Å². The van der Waals surface area contributed by atoms with Crippen LogP contribution in [0.25, 0.3) is 0 Å². The van der Waals surface area contributed by atoms with Gasteiger partial charge in [-0.25, -0.2) is 9.59 Å². The van der Waals surface area contributed by atoms with Crippen LogP contribution >= 0.6 is 0 Å². The number of benzene rings is 2. The van der Waals surface area contributed by atoms with Gasteiger partial charge in [-0.3, -0.25) is 0 Å². The van der Waals surface area contributed by atoms with Gasteiger partial charge in [0, 0.05) is 5.69 Å². The van der Waals surface area contributed by atoms with E-state index < -0.39 is 12.0 Å². The normalized spacial score (nSPS) is 9.95. The maximum absolute atomic E-state index is 12.2. The van der Waals surface area contributed by atoms with Crippen molar-refractivity contribution in [3.8, 4) is 0 Å². The Morgan fingerprint density at radius 2 is 1.55 bits per heavy atom. The van der Waals surface area contributed by atoms with Crippen LogP contribution in [0.2, 0.25) is 0 Å². The van der Waals surface area contributed by atoms with Crippen molar-refractivity contribution in [2.75, 3.05) is 17.7 Å². The molecule has 2 rings (SSSR count). The van der Waals surface area contributed by atoms with Gasteiger partial charge in [-0.05, 0) is 37.1 Å². The summed E-state index contributed by atoms with van der Waals surface area (Å²) >= 11 is 0. The van der Waals surface area contributed by atoms with E-state index in [1.54, 1.807) is 24.3 Å². The number of nitrogens with one attached hydrogen (secondary N) is 2. The molecule has 2 aromatic carbocycles. The number of carbonyl (C=O) groups excluding carboxylic acids is 2. The molecule has 0 radical (unpaired) electrons. The molecule has 0 aliphatic heterocycles. The Balaban J connectivity index is 2.18. The van der Waals surface area contributed by atoms with E-state index in [1.165, 1.54) is 7.11 Å². The Kier molecular flexibility index (Phi) is 4.78. The van der Waals surface area contributed by atoms with Crippen LogP contribution in [0.3, 0.4) is 0 Å².